The maximum atomic E-state index is 4.76. The van der Waals surface area contributed by atoms with Gasteiger partial charge in [-0.3, -0.25) is 4.68 Å². The van der Waals surface area contributed by atoms with E-state index in [1.54, 1.807) is 6.20 Å². The summed E-state index contributed by atoms with van der Waals surface area (Å²) in [7, 11) is 0. The van der Waals surface area contributed by atoms with E-state index in [-0.39, 0.29) is 0 Å². The van der Waals surface area contributed by atoms with Crippen LogP contribution >= 0.6 is 11.3 Å². The fourth-order valence-corrected chi connectivity index (χ4v) is 3.52. The molecule has 2 aromatic heterocycles. The molecular weight excluding hydrogens is 342 g/mol. The van der Waals surface area contributed by atoms with Crippen molar-refractivity contribution in [3.63, 3.8) is 0 Å². The molecule has 0 bridgehead atoms. The highest BCUT2D eigenvalue weighted by Gasteiger charge is 2.04. The van der Waals surface area contributed by atoms with E-state index >= 15 is 0 Å². The zero-order chi connectivity index (χ0) is 18.2. The Morgan fingerprint density at radius 3 is 2.65 bits per heavy atom. The second kappa shape index (κ2) is 9.20. The maximum Gasteiger partial charge on any atom is 0.191 e. The Balaban J connectivity index is 1.67. The summed E-state index contributed by atoms with van der Waals surface area (Å²) in [5.74, 6) is 0.840. The summed E-state index contributed by atoms with van der Waals surface area (Å²) >= 11 is 1.81. The molecule has 3 aromatic rings. The average Bonchev–Trinajstić information content (AvgIpc) is 3.30. The van der Waals surface area contributed by atoms with E-state index < -0.39 is 0 Å². The van der Waals surface area contributed by atoms with Crippen molar-refractivity contribution < 1.29 is 0 Å². The normalized spacial score (nSPS) is 11.5. The SMILES string of the molecule is CCNC(=NCc1ccccc1Cn1cccn1)NCc1ccc(C)s1. The number of thiophene rings is 1. The van der Waals surface area contributed by atoms with E-state index in [1.165, 1.54) is 20.9 Å². The number of rotatable bonds is 7. The number of nitrogens with one attached hydrogen (secondary N) is 2. The minimum Gasteiger partial charge on any atom is -0.357 e. The molecule has 0 saturated carbocycles. The van der Waals surface area contributed by atoms with Crippen LogP contribution in [-0.4, -0.2) is 22.3 Å². The Bertz CT molecular complexity index is 836. The van der Waals surface area contributed by atoms with E-state index in [0.29, 0.717) is 6.54 Å². The Hall–Kier alpha value is -2.60. The predicted molar refractivity (Wildman–Crippen MR) is 108 cm³/mol. The molecule has 0 aliphatic heterocycles. The number of nitrogens with zero attached hydrogens (tertiary/aromatic N) is 3. The van der Waals surface area contributed by atoms with Gasteiger partial charge in [-0.1, -0.05) is 24.3 Å². The Morgan fingerprint density at radius 1 is 1.12 bits per heavy atom. The zero-order valence-electron chi connectivity index (χ0n) is 15.3. The monoisotopic (exact) mass is 367 g/mol. The molecule has 0 amide bonds. The highest BCUT2D eigenvalue weighted by atomic mass is 32.1. The molecule has 1 aromatic carbocycles. The summed E-state index contributed by atoms with van der Waals surface area (Å²) in [4.78, 5) is 7.41. The van der Waals surface area contributed by atoms with Crippen LogP contribution in [-0.2, 0) is 19.6 Å². The van der Waals surface area contributed by atoms with Gasteiger partial charge in [0.15, 0.2) is 5.96 Å². The standard InChI is InChI=1S/C20H25N5S/c1-3-21-20(23-14-19-10-9-16(2)26-19)22-13-17-7-4-5-8-18(17)15-25-12-6-11-24-25/h4-12H,3,13-15H2,1-2H3,(H2,21,22,23). The smallest absolute Gasteiger partial charge is 0.191 e. The van der Waals surface area contributed by atoms with Gasteiger partial charge >= 0.3 is 0 Å². The van der Waals surface area contributed by atoms with Gasteiger partial charge in [-0.15, -0.1) is 11.3 Å². The van der Waals surface area contributed by atoms with Gasteiger partial charge < -0.3 is 10.6 Å². The van der Waals surface area contributed by atoms with E-state index in [1.807, 2.05) is 28.3 Å². The molecule has 2 heterocycles. The first-order chi connectivity index (χ1) is 12.7. The second-order valence-electron chi connectivity index (χ2n) is 6.03. The third-order valence-electron chi connectivity index (χ3n) is 3.99. The van der Waals surface area contributed by atoms with E-state index in [2.05, 4.69) is 66.0 Å². The molecule has 5 nitrogen and oxygen atoms in total. The first-order valence-corrected chi connectivity index (χ1v) is 9.68. The van der Waals surface area contributed by atoms with Gasteiger partial charge in [-0.2, -0.15) is 5.10 Å². The third kappa shape index (κ3) is 5.20. The summed E-state index contributed by atoms with van der Waals surface area (Å²) in [6, 6.07) is 14.7. The lowest BCUT2D eigenvalue weighted by Gasteiger charge is -2.12. The molecule has 136 valence electrons. The predicted octanol–water partition coefficient (Wildman–Crippen LogP) is 3.56. The van der Waals surface area contributed by atoms with Crippen LogP contribution in [0.2, 0.25) is 0 Å². The lowest BCUT2D eigenvalue weighted by Crippen LogP contribution is -2.36. The average molecular weight is 368 g/mol. The van der Waals surface area contributed by atoms with Crippen LogP contribution in [0.5, 0.6) is 0 Å². The van der Waals surface area contributed by atoms with Gasteiger partial charge in [0.1, 0.15) is 0 Å². The molecule has 0 aliphatic carbocycles. The second-order valence-corrected chi connectivity index (χ2v) is 7.41. The largest absolute Gasteiger partial charge is 0.357 e. The molecule has 0 aliphatic rings. The van der Waals surface area contributed by atoms with Crippen molar-refractivity contribution in [1.82, 2.24) is 20.4 Å². The number of hydrogen-bond donors (Lipinski definition) is 2. The van der Waals surface area contributed by atoms with Gasteiger partial charge in [0.25, 0.3) is 0 Å². The summed E-state index contributed by atoms with van der Waals surface area (Å²) in [6.45, 7) is 7.24. The van der Waals surface area contributed by atoms with Crippen LogP contribution in [0.1, 0.15) is 27.8 Å². The van der Waals surface area contributed by atoms with Crippen molar-refractivity contribution in [3.8, 4) is 0 Å². The van der Waals surface area contributed by atoms with Crippen LogP contribution < -0.4 is 10.6 Å². The summed E-state index contributed by atoms with van der Waals surface area (Å²) in [5.41, 5.74) is 2.46. The number of hydrogen-bond acceptors (Lipinski definition) is 3. The quantitative estimate of drug-likeness (QED) is 0.496. The maximum absolute atomic E-state index is 4.76. The number of aryl methyl sites for hydroxylation is 1. The van der Waals surface area contributed by atoms with Crippen molar-refractivity contribution in [2.75, 3.05) is 6.54 Å². The summed E-state index contributed by atoms with van der Waals surface area (Å²) in [5, 5.41) is 11.0. The fourth-order valence-electron chi connectivity index (χ4n) is 2.69. The Morgan fingerprint density at radius 2 is 1.96 bits per heavy atom. The number of guanidine groups is 1. The van der Waals surface area contributed by atoms with Gasteiger partial charge in [0.05, 0.1) is 19.6 Å². The van der Waals surface area contributed by atoms with Gasteiger partial charge in [-0.25, -0.2) is 4.99 Å². The molecule has 3 rings (SSSR count). The van der Waals surface area contributed by atoms with Crippen molar-refractivity contribution in [2.24, 2.45) is 4.99 Å². The highest BCUT2D eigenvalue weighted by Crippen LogP contribution is 2.14. The van der Waals surface area contributed by atoms with Crippen LogP contribution in [0.4, 0.5) is 0 Å². The number of aromatic nitrogens is 2. The van der Waals surface area contributed by atoms with Crippen LogP contribution in [0.15, 0.2) is 59.9 Å². The molecular formula is C20H25N5S. The van der Waals surface area contributed by atoms with Crippen molar-refractivity contribution in [2.45, 2.75) is 33.5 Å². The topological polar surface area (TPSA) is 54.2 Å². The van der Waals surface area contributed by atoms with E-state index in [0.717, 1.165) is 25.6 Å². The lowest BCUT2D eigenvalue weighted by molar-refractivity contribution is 0.680. The van der Waals surface area contributed by atoms with Crippen molar-refractivity contribution in [1.29, 1.82) is 0 Å². The fraction of sp³-hybridized carbons (Fsp3) is 0.300. The minimum atomic E-state index is 0.635. The Labute approximate surface area is 158 Å². The van der Waals surface area contributed by atoms with Crippen LogP contribution in [0.3, 0.4) is 0 Å². The molecule has 0 spiro atoms. The van der Waals surface area contributed by atoms with Crippen molar-refractivity contribution in [3.05, 3.63) is 75.7 Å². The summed E-state index contributed by atoms with van der Waals surface area (Å²) < 4.78 is 1.94. The molecule has 0 radical (unpaired) electrons. The first kappa shape index (κ1) is 18.2. The van der Waals surface area contributed by atoms with Gasteiger partial charge in [0.2, 0.25) is 0 Å². The molecule has 6 heteroatoms. The molecule has 0 saturated heterocycles. The molecule has 2 N–H and O–H groups in total. The van der Waals surface area contributed by atoms with E-state index in [4.69, 9.17) is 4.99 Å². The first-order valence-electron chi connectivity index (χ1n) is 8.86. The summed E-state index contributed by atoms with van der Waals surface area (Å²) in [6.07, 6.45) is 3.79. The number of benzene rings is 1. The lowest BCUT2D eigenvalue weighted by atomic mass is 10.1. The van der Waals surface area contributed by atoms with Crippen molar-refractivity contribution >= 4 is 17.3 Å². The highest BCUT2D eigenvalue weighted by molar-refractivity contribution is 7.11. The zero-order valence-corrected chi connectivity index (χ0v) is 16.1. The van der Waals surface area contributed by atoms with E-state index in [9.17, 15) is 0 Å². The minimum absolute atomic E-state index is 0.635. The molecule has 0 fully saturated rings. The van der Waals surface area contributed by atoms with Gasteiger partial charge in [0, 0.05) is 28.7 Å². The third-order valence-corrected chi connectivity index (χ3v) is 4.99. The number of aliphatic imine (C=N–C) groups is 1. The van der Waals surface area contributed by atoms with Crippen LogP contribution in [0.25, 0.3) is 0 Å². The molecule has 26 heavy (non-hydrogen) atoms. The van der Waals surface area contributed by atoms with Gasteiger partial charge in [-0.05, 0) is 43.2 Å². The molecule has 0 unspecified atom stereocenters. The van der Waals surface area contributed by atoms with Crippen LogP contribution in [0, 0.1) is 6.92 Å². The molecule has 0 atom stereocenters. The Kier molecular flexibility index (Phi) is 6.44.